The molecular weight excluding hydrogens is 280 g/mol. The highest BCUT2D eigenvalue weighted by atomic mass is 16.5. The van der Waals surface area contributed by atoms with Gasteiger partial charge in [-0.2, -0.15) is 0 Å². The van der Waals surface area contributed by atoms with Gasteiger partial charge < -0.3 is 15.8 Å². The van der Waals surface area contributed by atoms with Crippen LogP contribution in [0.4, 0.5) is 5.82 Å². The van der Waals surface area contributed by atoms with Crippen LogP contribution in [0.2, 0.25) is 0 Å². The van der Waals surface area contributed by atoms with E-state index in [1.807, 2.05) is 6.07 Å². The Morgan fingerprint density at radius 3 is 2.91 bits per heavy atom. The second kappa shape index (κ2) is 6.43. The van der Waals surface area contributed by atoms with Crippen molar-refractivity contribution in [3.63, 3.8) is 0 Å². The molecule has 6 heteroatoms. The van der Waals surface area contributed by atoms with Crippen LogP contribution in [0, 0.1) is 0 Å². The number of nitrogens with two attached hydrogens (primary N) is 1. The van der Waals surface area contributed by atoms with E-state index in [1.165, 1.54) is 29.9 Å². The molecule has 1 aromatic carbocycles. The second-order valence-electron chi connectivity index (χ2n) is 5.18. The molecule has 3 N–H and O–H groups in total. The molecule has 0 saturated carbocycles. The minimum absolute atomic E-state index is 0.125. The fraction of sp³-hybridized carbons (Fsp3) is 0.312. The molecule has 22 heavy (non-hydrogen) atoms. The van der Waals surface area contributed by atoms with Crippen LogP contribution in [-0.2, 0) is 12.8 Å². The van der Waals surface area contributed by atoms with Gasteiger partial charge in [0.1, 0.15) is 12.4 Å². The predicted molar refractivity (Wildman–Crippen MR) is 82.7 cm³/mol. The van der Waals surface area contributed by atoms with E-state index < -0.39 is 0 Å². The molecule has 0 spiro atoms. The van der Waals surface area contributed by atoms with Crippen molar-refractivity contribution in [3.05, 3.63) is 47.4 Å². The van der Waals surface area contributed by atoms with Crippen molar-refractivity contribution in [1.82, 2.24) is 15.3 Å². The number of nitrogens with one attached hydrogen (secondary N) is 1. The van der Waals surface area contributed by atoms with Crippen molar-refractivity contribution in [2.45, 2.75) is 19.3 Å². The van der Waals surface area contributed by atoms with Crippen LogP contribution < -0.4 is 15.8 Å². The summed E-state index contributed by atoms with van der Waals surface area (Å²) in [7, 11) is 0. The zero-order valence-electron chi connectivity index (χ0n) is 12.2. The molecule has 0 fully saturated rings. The Bertz CT molecular complexity index is 688. The number of hydrogen-bond acceptors (Lipinski definition) is 5. The number of aromatic nitrogens is 2. The number of carbonyl (C=O) groups is 1. The third-order valence-electron chi connectivity index (χ3n) is 3.67. The van der Waals surface area contributed by atoms with E-state index >= 15 is 0 Å². The first-order chi connectivity index (χ1) is 10.7. The van der Waals surface area contributed by atoms with Gasteiger partial charge in [0, 0.05) is 12.4 Å². The Labute approximate surface area is 128 Å². The lowest BCUT2D eigenvalue weighted by Gasteiger charge is -2.09. The van der Waals surface area contributed by atoms with Crippen LogP contribution in [0.5, 0.6) is 5.75 Å². The fourth-order valence-corrected chi connectivity index (χ4v) is 2.58. The van der Waals surface area contributed by atoms with Crippen LogP contribution in [0.1, 0.15) is 28.0 Å². The van der Waals surface area contributed by atoms with E-state index in [0.717, 1.165) is 18.6 Å². The van der Waals surface area contributed by atoms with E-state index in [9.17, 15) is 4.79 Å². The SMILES string of the molecule is Nc1nccnc1C(=O)NCCOc1ccc2c(c1)CCC2. The first-order valence-electron chi connectivity index (χ1n) is 7.33. The maximum Gasteiger partial charge on any atom is 0.273 e. The lowest BCUT2D eigenvalue weighted by atomic mass is 10.1. The zero-order valence-corrected chi connectivity index (χ0v) is 12.2. The highest BCUT2D eigenvalue weighted by Crippen LogP contribution is 2.25. The highest BCUT2D eigenvalue weighted by molar-refractivity contribution is 5.96. The summed E-state index contributed by atoms with van der Waals surface area (Å²) in [6, 6.07) is 6.19. The summed E-state index contributed by atoms with van der Waals surface area (Å²) in [6.07, 6.45) is 6.38. The highest BCUT2D eigenvalue weighted by Gasteiger charge is 2.12. The second-order valence-corrected chi connectivity index (χ2v) is 5.18. The van der Waals surface area contributed by atoms with Gasteiger partial charge in [0.2, 0.25) is 0 Å². The molecule has 0 atom stereocenters. The summed E-state index contributed by atoms with van der Waals surface area (Å²) in [6.45, 7) is 0.774. The summed E-state index contributed by atoms with van der Waals surface area (Å²) in [5, 5.41) is 2.72. The molecule has 0 unspecified atom stereocenters. The Kier molecular flexibility index (Phi) is 4.18. The van der Waals surface area contributed by atoms with E-state index in [4.69, 9.17) is 10.5 Å². The molecule has 1 heterocycles. The molecule has 0 bridgehead atoms. The minimum Gasteiger partial charge on any atom is -0.492 e. The first kappa shape index (κ1) is 14.3. The lowest BCUT2D eigenvalue weighted by molar-refractivity contribution is 0.0942. The Hall–Kier alpha value is -2.63. The van der Waals surface area contributed by atoms with Crippen molar-refractivity contribution >= 4 is 11.7 Å². The quantitative estimate of drug-likeness (QED) is 0.813. The number of carbonyl (C=O) groups excluding carboxylic acids is 1. The van der Waals surface area contributed by atoms with Crippen LogP contribution >= 0.6 is 0 Å². The van der Waals surface area contributed by atoms with Crippen molar-refractivity contribution in [2.75, 3.05) is 18.9 Å². The molecule has 0 radical (unpaired) electrons. The number of rotatable bonds is 5. The Balaban J connectivity index is 1.48. The summed E-state index contributed by atoms with van der Waals surface area (Å²) in [5.41, 5.74) is 8.53. The largest absolute Gasteiger partial charge is 0.492 e. The minimum atomic E-state index is -0.344. The van der Waals surface area contributed by atoms with Gasteiger partial charge in [0.25, 0.3) is 5.91 Å². The van der Waals surface area contributed by atoms with Gasteiger partial charge in [-0.1, -0.05) is 6.07 Å². The van der Waals surface area contributed by atoms with Crippen LogP contribution in [0.25, 0.3) is 0 Å². The molecule has 0 saturated heterocycles. The maximum absolute atomic E-state index is 11.9. The summed E-state index contributed by atoms with van der Waals surface area (Å²) in [4.78, 5) is 19.6. The smallest absolute Gasteiger partial charge is 0.273 e. The average Bonchev–Trinajstić information content (AvgIpc) is 2.99. The standard InChI is InChI=1S/C16H18N4O2/c17-15-14(18-6-7-19-15)16(21)20-8-9-22-13-5-4-11-2-1-3-12(11)10-13/h4-7,10H,1-3,8-9H2,(H2,17,19)(H,20,21). The van der Waals surface area contributed by atoms with E-state index in [1.54, 1.807) is 0 Å². The normalized spacial score (nSPS) is 12.7. The van der Waals surface area contributed by atoms with Crippen molar-refractivity contribution in [3.8, 4) is 5.75 Å². The number of nitrogen functional groups attached to an aromatic ring is 1. The number of ether oxygens (including phenoxy) is 1. The van der Waals surface area contributed by atoms with Gasteiger partial charge in [-0.05, 0) is 42.5 Å². The average molecular weight is 298 g/mol. The van der Waals surface area contributed by atoms with E-state index in [0.29, 0.717) is 13.2 Å². The molecule has 1 aliphatic carbocycles. The number of fused-ring (bicyclic) bond motifs is 1. The molecule has 6 nitrogen and oxygen atoms in total. The zero-order chi connectivity index (χ0) is 15.4. The molecule has 114 valence electrons. The molecule has 1 aliphatic rings. The third kappa shape index (κ3) is 3.16. The Morgan fingerprint density at radius 2 is 2.05 bits per heavy atom. The number of nitrogens with zero attached hydrogens (tertiary/aromatic N) is 2. The first-order valence-corrected chi connectivity index (χ1v) is 7.33. The van der Waals surface area contributed by atoms with Crippen molar-refractivity contribution in [2.24, 2.45) is 0 Å². The van der Waals surface area contributed by atoms with E-state index in [-0.39, 0.29) is 17.4 Å². The summed E-state index contributed by atoms with van der Waals surface area (Å²) in [5.74, 6) is 0.622. The van der Waals surface area contributed by atoms with Crippen molar-refractivity contribution in [1.29, 1.82) is 0 Å². The van der Waals surface area contributed by atoms with Gasteiger partial charge in [0.05, 0.1) is 6.54 Å². The number of hydrogen-bond donors (Lipinski definition) is 2. The molecule has 2 aromatic rings. The van der Waals surface area contributed by atoms with Crippen LogP contribution in [0.3, 0.4) is 0 Å². The summed E-state index contributed by atoms with van der Waals surface area (Å²) < 4.78 is 5.67. The Morgan fingerprint density at radius 1 is 1.23 bits per heavy atom. The molecular formula is C16H18N4O2. The fourth-order valence-electron chi connectivity index (χ4n) is 2.58. The van der Waals surface area contributed by atoms with E-state index in [2.05, 4.69) is 27.4 Å². The number of aryl methyl sites for hydroxylation is 2. The molecule has 1 aromatic heterocycles. The topological polar surface area (TPSA) is 90.1 Å². The van der Waals surface area contributed by atoms with Gasteiger partial charge in [-0.25, -0.2) is 9.97 Å². The van der Waals surface area contributed by atoms with Gasteiger partial charge >= 0.3 is 0 Å². The molecule has 3 rings (SSSR count). The van der Waals surface area contributed by atoms with Crippen LogP contribution in [0.15, 0.2) is 30.6 Å². The molecule has 1 amide bonds. The molecule has 0 aliphatic heterocycles. The van der Waals surface area contributed by atoms with Gasteiger partial charge in [0.15, 0.2) is 11.5 Å². The third-order valence-corrected chi connectivity index (χ3v) is 3.67. The maximum atomic E-state index is 11.9. The number of benzene rings is 1. The number of anilines is 1. The summed E-state index contributed by atoms with van der Waals surface area (Å²) >= 11 is 0. The predicted octanol–water partition coefficient (Wildman–Crippen LogP) is 1.36. The number of amides is 1. The van der Waals surface area contributed by atoms with Crippen molar-refractivity contribution < 1.29 is 9.53 Å². The van der Waals surface area contributed by atoms with Crippen LogP contribution in [-0.4, -0.2) is 29.0 Å². The van der Waals surface area contributed by atoms with Gasteiger partial charge in [-0.15, -0.1) is 0 Å². The monoisotopic (exact) mass is 298 g/mol. The van der Waals surface area contributed by atoms with Gasteiger partial charge in [-0.3, -0.25) is 4.79 Å². The lowest BCUT2D eigenvalue weighted by Crippen LogP contribution is -2.29.